The number of rotatable bonds is 7. The van der Waals surface area contributed by atoms with Crippen LogP contribution in [0.2, 0.25) is 0 Å². The maximum absolute atomic E-state index is 11.5. The van der Waals surface area contributed by atoms with E-state index in [0.717, 1.165) is 0 Å². The van der Waals surface area contributed by atoms with Gasteiger partial charge in [-0.2, -0.15) is 0 Å². The predicted molar refractivity (Wildman–Crippen MR) is 83.7 cm³/mol. The fourth-order valence-electron chi connectivity index (χ4n) is 1.63. The van der Waals surface area contributed by atoms with Crippen molar-refractivity contribution in [2.24, 2.45) is 0 Å². The quantitative estimate of drug-likeness (QED) is 0.351. The van der Waals surface area contributed by atoms with E-state index in [1.807, 2.05) is 0 Å². The summed E-state index contributed by atoms with van der Waals surface area (Å²) >= 11 is 0. The maximum atomic E-state index is 11.5. The van der Waals surface area contributed by atoms with Gasteiger partial charge in [-0.05, 0) is 48.5 Å². The Morgan fingerprint density at radius 1 is 0.818 bits per heavy atom. The van der Waals surface area contributed by atoms with Gasteiger partial charge < -0.3 is 25.7 Å². The SMILES string of the molecule is Nc1ccc(OCCOCC(=O)Oc2ccc(N)cc2)cc1. The molecule has 0 aliphatic heterocycles. The van der Waals surface area contributed by atoms with Crippen LogP contribution in [0.3, 0.4) is 0 Å². The number of ether oxygens (including phenoxy) is 3. The van der Waals surface area contributed by atoms with Gasteiger partial charge in [0.15, 0.2) is 0 Å². The van der Waals surface area contributed by atoms with E-state index in [-0.39, 0.29) is 13.2 Å². The Morgan fingerprint density at radius 2 is 1.36 bits per heavy atom. The van der Waals surface area contributed by atoms with E-state index in [2.05, 4.69) is 0 Å². The summed E-state index contributed by atoms with van der Waals surface area (Å²) in [6, 6.07) is 13.6. The molecule has 6 nitrogen and oxygen atoms in total. The van der Waals surface area contributed by atoms with Crippen molar-refractivity contribution < 1.29 is 19.0 Å². The first kappa shape index (κ1) is 15.7. The average Bonchev–Trinajstić information content (AvgIpc) is 2.51. The van der Waals surface area contributed by atoms with Gasteiger partial charge in [0.05, 0.1) is 6.61 Å². The standard InChI is InChI=1S/C16H18N2O4/c17-12-1-5-14(6-2-12)21-10-9-20-11-16(19)22-15-7-3-13(18)4-8-15/h1-8H,9-11,17-18H2. The van der Waals surface area contributed by atoms with Gasteiger partial charge in [-0.3, -0.25) is 0 Å². The number of nitrogens with two attached hydrogens (primary N) is 2. The number of benzene rings is 2. The summed E-state index contributed by atoms with van der Waals surface area (Å²) in [5, 5.41) is 0. The second kappa shape index (κ2) is 7.90. The van der Waals surface area contributed by atoms with E-state index < -0.39 is 5.97 Å². The summed E-state index contributed by atoms with van der Waals surface area (Å²) in [7, 11) is 0. The number of anilines is 2. The number of carbonyl (C=O) groups is 1. The zero-order valence-corrected chi connectivity index (χ0v) is 12.0. The normalized spacial score (nSPS) is 10.2. The Bertz CT molecular complexity index is 597. The van der Waals surface area contributed by atoms with Crippen LogP contribution in [0.1, 0.15) is 0 Å². The summed E-state index contributed by atoms with van der Waals surface area (Å²) in [6.45, 7) is 0.468. The zero-order valence-electron chi connectivity index (χ0n) is 12.0. The van der Waals surface area contributed by atoms with Crippen LogP contribution in [0.25, 0.3) is 0 Å². The van der Waals surface area contributed by atoms with Crippen LogP contribution in [0.15, 0.2) is 48.5 Å². The van der Waals surface area contributed by atoms with Crippen LogP contribution in [-0.4, -0.2) is 25.8 Å². The highest BCUT2D eigenvalue weighted by molar-refractivity contribution is 5.73. The molecule has 0 aromatic heterocycles. The van der Waals surface area contributed by atoms with Gasteiger partial charge in [0.2, 0.25) is 0 Å². The van der Waals surface area contributed by atoms with Crippen molar-refractivity contribution in [2.45, 2.75) is 0 Å². The molecule has 2 aromatic rings. The van der Waals surface area contributed by atoms with Crippen molar-refractivity contribution >= 4 is 17.3 Å². The Balaban J connectivity index is 1.61. The van der Waals surface area contributed by atoms with E-state index in [1.165, 1.54) is 0 Å². The van der Waals surface area contributed by atoms with Crippen molar-refractivity contribution in [3.05, 3.63) is 48.5 Å². The fraction of sp³-hybridized carbons (Fsp3) is 0.188. The third kappa shape index (κ3) is 5.34. The number of carbonyl (C=O) groups excluding carboxylic acids is 1. The molecule has 0 aliphatic rings. The van der Waals surface area contributed by atoms with E-state index in [4.69, 9.17) is 25.7 Å². The Hall–Kier alpha value is -2.73. The second-order valence-electron chi connectivity index (χ2n) is 4.51. The van der Waals surface area contributed by atoms with E-state index >= 15 is 0 Å². The number of hydrogen-bond acceptors (Lipinski definition) is 6. The molecule has 4 N–H and O–H groups in total. The lowest BCUT2D eigenvalue weighted by Crippen LogP contribution is -2.18. The van der Waals surface area contributed by atoms with Crippen molar-refractivity contribution in [3.63, 3.8) is 0 Å². The lowest BCUT2D eigenvalue weighted by molar-refractivity contribution is -0.139. The first-order valence-electron chi connectivity index (χ1n) is 6.76. The van der Waals surface area contributed by atoms with E-state index in [9.17, 15) is 4.79 Å². The Morgan fingerprint density at radius 3 is 1.95 bits per heavy atom. The van der Waals surface area contributed by atoms with E-state index in [0.29, 0.717) is 29.5 Å². The minimum absolute atomic E-state index is 0.143. The molecule has 0 saturated carbocycles. The van der Waals surface area contributed by atoms with Gasteiger partial charge >= 0.3 is 5.97 Å². The number of hydrogen-bond donors (Lipinski definition) is 2. The molecule has 0 atom stereocenters. The minimum Gasteiger partial charge on any atom is -0.491 e. The van der Waals surface area contributed by atoms with Crippen LogP contribution in [-0.2, 0) is 9.53 Å². The van der Waals surface area contributed by atoms with Crippen molar-refractivity contribution in [3.8, 4) is 11.5 Å². The Kier molecular flexibility index (Phi) is 5.62. The van der Waals surface area contributed by atoms with Gasteiger partial charge in [-0.25, -0.2) is 4.79 Å². The summed E-state index contributed by atoms with van der Waals surface area (Å²) in [6.07, 6.45) is 0. The molecule has 2 aromatic carbocycles. The van der Waals surface area contributed by atoms with Gasteiger partial charge in [0.25, 0.3) is 0 Å². The van der Waals surface area contributed by atoms with Gasteiger partial charge in [0, 0.05) is 11.4 Å². The molecule has 0 amide bonds. The van der Waals surface area contributed by atoms with Crippen molar-refractivity contribution in [1.29, 1.82) is 0 Å². The highest BCUT2D eigenvalue weighted by Gasteiger charge is 2.05. The molecule has 0 radical (unpaired) electrons. The van der Waals surface area contributed by atoms with Crippen LogP contribution < -0.4 is 20.9 Å². The highest BCUT2D eigenvalue weighted by Crippen LogP contribution is 2.14. The molecular weight excluding hydrogens is 284 g/mol. The fourth-order valence-corrected chi connectivity index (χ4v) is 1.63. The molecular formula is C16H18N2O4. The maximum Gasteiger partial charge on any atom is 0.337 e. The topological polar surface area (TPSA) is 96.8 Å². The predicted octanol–water partition coefficient (Wildman–Crippen LogP) is 1.85. The molecule has 6 heteroatoms. The molecule has 0 spiro atoms. The highest BCUT2D eigenvalue weighted by atomic mass is 16.6. The molecule has 116 valence electrons. The number of nitrogen functional groups attached to an aromatic ring is 2. The summed E-state index contributed by atoms with van der Waals surface area (Å²) in [5.41, 5.74) is 12.4. The van der Waals surface area contributed by atoms with Crippen LogP contribution in [0.5, 0.6) is 11.5 Å². The van der Waals surface area contributed by atoms with Crippen LogP contribution in [0, 0.1) is 0 Å². The zero-order chi connectivity index (χ0) is 15.8. The molecule has 2 rings (SSSR count). The van der Waals surface area contributed by atoms with E-state index in [1.54, 1.807) is 48.5 Å². The van der Waals surface area contributed by atoms with Gasteiger partial charge in [0.1, 0.15) is 24.7 Å². The summed E-state index contributed by atoms with van der Waals surface area (Å²) in [4.78, 5) is 11.5. The minimum atomic E-state index is -0.475. The smallest absolute Gasteiger partial charge is 0.337 e. The Labute approximate surface area is 128 Å². The molecule has 0 fully saturated rings. The molecule has 0 aliphatic carbocycles. The largest absolute Gasteiger partial charge is 0.491 e. The summed E-state index contributed by atoms with van der Waals surface area (Å²) < 4.78 is 15.7. The second-order valence-corrected chi connectivity index (χ2v) is 4.51. The lowest BCUT2D eigenvalue weighted by Gasteiger charge is -2.07. The first-order chi connectivity index (χ1) is 10.6. The molecule has 0 heterocycles. The third-order valence-electron chi connectivity index (χ3n) is 2.71. The summed E-state index contributed by atoms with van der Waals surface area (Å²) in [5.74, 6) is 0.653. The van der Waals surface area contributed by atoms with Gasteiger partial charge in [-0.15, -0.1) is 0 Å². The van der Waals surface area contributed by atoms with Crippen LogP contribution in [0.4, 0.5) is 11.4 Å². The van der Waals surface area contributed by atoms with Crippen LogP contribution >= 0.6 is 0 Å². The number of esters is 1. The lowest BCUT2D eigenvalue weighted by atomic mass is 10.3. The first-order valence-corrected chi connectivity index (χ1v) is 6.76. The van der Waals surface area contributed by atoms with Gasteiger partial charge in [-0.1, -0.05) is 0 Å². The van der Waals surface area contributed by atoms with Crippen molar-refractivity contribution in [2.75, 3.05) is 31.3 Å². The molecule has 22 heavy (non-hydrogen) atoms. The molecule has 0 bridgehead atoms. The third-order valence-corrected chi connectivity index (χ3v) is 2.71. The molecule has 0 saturated heterocycles. The van der Waals surface area contributed by atoms with Crippen molar-refractivity contribution in [1.82, 2.24) is 0 Å². The molecule has 0 unspecified atom stereocenters. The average molecular weight is 302 g/mol. The monoisotopic (exact) mass is 302 g/mol.